The number of rotatable bonds is 3. The number of hydrogen-bond acceptors (Lipinski definition) is 4. The molecular formula is C15H20F3N3O2. The van der Waals surface area contributed by atoms with Gasteiger partial charge in [0.1, 0.15) is 5.75 Å². The number of carbonyl (C=O) groups is 1. The lowest BCUT2D eigenvalue weighted by molar-refractivity contribution is -0.182. The summed E-state index contributed by atoms with van der Waals surface area (Å²) in [7, 11) is 1.40. The molecule has 0 unspecified atom stereocenters. The first-order valence-corrected chi connectivity index (χ1v) is 7.33. The van der Waals surface area contributed by atoms with Crippen molar-refractivity contribution in [2.45, 2.75) is 37.9 Å². The van der Waals surface area contributed by atoms with Crippen LogP contribution in [-0.2, 0) is 0 Å². The minimum atomic E-state index is -4.16. The third kappa shape index (κ3) is 4.00. The van der Waals surface area contributed by atoms with E-state index in [2.05, 4.69) is 5.32 Å². The van der Waals surface area contributed by atoms with Crippen LogP contribution in [0.25, 0.3) is 0 Å². The molecule has 1 aliphatic carbocycles. The van der Waals surface area contributed by atoms with E-state index in [4.69, 9.17) is 16.2 Å². The van der Waals surface area contributed by atoms with Crippen LogP contribution in [0, 0.1) is 5.92 Å². The van der Waals surface area contributed by atoms with Gasteiger partial charge in [-0.2, -0.15) is 13.2 Å². The molecule has 0 aromatic heterocycles. The van der Waals surface area contributed by atoms with E-state index in [0.717, 1.165) is 0 Å². The molecule has 2 rings (SSSR count). The molecule has 0 spiro atoms. The normalized spacial score (nSPS) is 21.7. The number of hydrogen-bond donors (Lipinski definition) is 3. The van der Waals surface area contributed by atoms with E-state index in [1.165, 1.54) is 19.2 Å². The Kier molecular flexibility index (Phi) is 4.91. The Morgan fingerprint density at radius 2 is 1.74 bits per heavy atom. The van der Waals surface area contributed by atoms with Crippen molar-refractivity contribution in [1.82, 2.24) is 5.32 Å². The summed E-state index contributed by atoms with van der Waals surface area (Å²) >= 11 is 0. The second kappa shape index (κ2) is 6.55. The van der Waals surface area contributed by atoms with Crippen molar-refractivity contribution in [1.29, 1.82) is 0 Å². The molecule has 5 nitrogen and oxygen atoms in total. The standard InChI is InChI=1S/C15H20F3N3O2/c1-23-13-7-12(20)11(19)6-10(13)14(22)21-9-4-2-8(3-5-9)15(16,17)18/h6-9H,2-5,19-20H2,1H3,(H,21,22). The van der Waals surface area contributed by atoms with Gasteiger partial charge in [0.05, 0.1) is 30.0 Å². The maximum atomic E-state index is 12.6. The van der Waals surface area contributed by atoms with Crippen LogP contribution in [0.2, 0.25) is 0 Å². The Morgan fingerprint density at radius 3 is 2.26 bits per heavy atom. The molecule has 1 aliphatic rings. The monoisotopic (exact) mass is 331 g/mol. The number of benzene rings is 1. The zero-order chi connectivity index (χ0) is 17.2. The molecule has 1 fully saturated rings. The van der Waals surface area contributed by atoms with Crippen molar-refractivity contribution >= 4 is 17.3 Å². The molecule has 0 radical (unpaired) electrons. The van der Waals surface area contributed by atoms with Gasteiger partial charge in [0.2, 0.25) is 0 Å². The summed E-state index contributed by atoms with van der Waals surface area (Å²) in [4.78, 5) is 12.3. The lowest BCUT2D eigenvalue weighted by Gasteiger charge is -2.30. The summed E-state index contributed by atoms with van der Waals surface area (Å²) in [6.07, 6.45) is -3.53. The number of carbonyl (C=O) groups excluding carboxylic acids is 1. The number of alkyl halides is 3. The molecule has 128 valence electrons. The van der Waals surface area contributed by atoms with E-state index < -0.39 is 18.0 Å². The van der Waals surface area contributed by atoms with Gasteiger partial charge in [0, 0.05) is 12.1 Å². The van der Waals surface area contributed by atoms with E-state index in [1.807, 2.05) is 0 Å². The van der Waals surface area contributed by atoms with E-state index >= 15 is 0 Å². The molecule has 5 N–H and O–H groups in total. The summed E-state index contributed by atoms with van der Waals surface area (Å²) in [6.45, 7) is 0. The van der Waals surface area contributed by atoms with Crippen molar-refractivity contribution < 1.29 is 22.7 Å². The molecule has 0 saturated heterocycles. The Labute approximate surface area is 132 Å². The van der Waals surface area contributed by atoms with Crippen molar-refractivity contribution in [3.05, 3.63) is 17.7 Å². The maximum Gasteiger partial charge on any atom is 0.391 e. The molecule has 0 bridgehead atoms. The van der Waals surface area contributed by atoms with Crippen LogP contribution >= 0.6 is 0 Å². The van der Waals surface area contributed by atoms with Crippen LogP contribution in [0.5, 0.6) is 5.75 Å². The van der Waals surface area contributed by atoms with E-state index in [-0.39, 0.29) is 35.9 Å². The molecule has 1 saturated carbocycles. The van der Waals surface area contributed by atoms with Crippen molar-refractivity contribution in [2.24, 2.45) is 5.92 Å². The summed E-state index contributed by atoms with van der Waals surface area (Å²) in [5.41, 5.74) is 12.1. The molecule has 1 aromatic rings. The van der Waals surface area contributed by atoms with Crippen LogP contribution in [0.3, 0.4) is 0 Å². The van der Waals surface area contributed by atoms with Crippen molar-refractivity contribution in [3.8, 4) is 5.75 Å². The van der Waals surface area contributed by atoms with Crippen LogP contribution < -0.4 is 21.5 Å². The number of nitrogen functional groups attached to an aromatic ring is 2. The highest BCUT2D eigenvalue weighted by Crippen LogP contribution is 2.37. The molecule has 1 aromatic carbocycles. The topological polar surface area (TPSA) is 90.4 Å². The van der Waals surface area contributed by atoms with Gasteiger partial charge in [-0.05, 0) is 31.7 Å². The molecule has 0 heterocycles. The molecule has 0 atom stereocenters. The number of methoxy groups -OCH3 is 1. The predicted molar refractivity (Wildman–Crippen MR) is 81.1 cm³/mol. The van der Waals surface area contributed by atoms with Gasteiger partial charge in [-0.1, -0.05) is 0 Å². The van der Waals surface area contributed by atoms with Gasteiger partial charge in [-0.15, -0.1) is 0 Å². The van der Waals surface area contributed by atoms with Gasteiger partial charge in [0.15, 0.2) is 0 Å². The Hall–Kier alpha value is -2.12. The molecule has 23 heavy (non-hydrogen) atoms. The summed E-state index contributed by atoms with van der Waals surface area (Å²) < 4.78 is 43.0. The average molecular weight is 331 g/mol. The zero-order valence-electron chi connectivity index (χ0n) is 12.7. The molecule has 1 amide bonds. The first-order chi connectivity index (χ1) is 10.7. The Bertz CT molecular complexity index is 582. The third-order valence-corrected chi connectivity index (χ3v) is 4.18. The van der Waals surface area contributed by atoms with Crippen LogP contribution in [0.1, 0.15) is 36.0 Å². The number of ether oxygens (including phenoxy) is 1. The molecule has 8 heteroatoms. The minimum Gasteiger partial charge on any atom is -0.496 e. The van der Waals surface area contributed by atoms with Gasteiger partial charge in [-0.3, -0.25) is 4.79 Å². The van der Waals surface area contributed by atoms with E-state index in [0.29, 0.717) is 18.5 Å². The number of amides is 1. The SMILES string of the molecule is COc1cc(N)c(N)cc1C(=O)NC1CCC(C(F)(F)F)CC1. The first kappa shape index (κ1) is 17.2. The fraction of sp³-hybridized carbons (Fsp3) is 0.533. The number of nitrogens with two attached hydrogens (primary N) is 2. The smallest absolute Gasteiger partial charge is 0.391 e. The largest absolute Gasteiger partial charge is 0.496 e. The van der Waals surface area contributed by atoms with Gasteiger partial charge in [-0.25, -0.2) is 0 Å². The van der Waals surface area contributed by atoms with E-state index in [9.17, 15) is 18.0 Å². The average Bonchev–Trinajstić information content (AvgIpc) is 2.49. The lowest BCUT2D eigenvalue weighted by atomic mass is 9.85. The van der Waals surface area contributed by atoms with Crippen LogP contribution in [-0.4, -0.2) is 25.2 Å². The van der Waals surface area contributed by atoms with Gasteiger partial charge >= 0.3 is 6.18 Å². The molecule has 0 aliphatic heterocycles. The second-order valence-corrected chi connectivity index (χ2v) is 5.75. The summed E-state index contributed by atoms with van der Waals surface area (Å²) in [6, 6.07) is 2.57. The van der Waals surface area contributed by atoms with Gasteiger partial charge in [0.25, 0.3) is 5.91 Å². The second-order valence-electron chi connectivity index (χ2n) is 5.75. The molecular weight excluding hydrogens is 311 g/mol. The van der Waals surface area contributed by atoms with E-state index in [1.54, 1.807) is 0 Å². The van der Waals surface area contributed by atoms with Crippen molar-refractivity contribution in [3.63, 3.8) is 0 Å². The Morgan fingerprint density at radius 1 is 1.17 bits per heavy atom. The van der Waals surface area contributed by atoms with Crippen molar-refractivity contribution in [2.75, 3.05) is 18.6 Å². The minimum absolute atomic E-state index is 0.0233. The fourth-order valence-corrected chi connectivity index (χ4v) is 2.79. The van der Waals surface area contributed by atoms with Crippen LogP contribution in [0.15, 0.2) is 12.1 Å². The predicted octanol–water partition coefficient (Wildman–Crippen LogP) is 2.71. The highest BCUT2D eigenvalue weighted by Gasteiger charge is 2.41. The third-order valence-electron chi connectivity index (χ3n) is 4.18. The maximum absolute atomic E-state index is 12.6. The number of nitrogens with one attached hydrogen (secondary N) is 1. The summed E-state index contributed by atoms with van der Waals surface area (Å²) in [5, 5.41) is 2.75. The highest BCUT2D eigenvalue weighted by atomic mass is 19.4. The van der Waals surface area contributed by atoms with Gasteiger partial charge < -0.3 is 21.5 Å². The summed E-state index contributed by atoms with van der Waals surface area (Å²) in [5.74, 6) is -1.43. The fourth-order valence-electron chi connectivity index (χ4n) is 2.79. The zero-order valence-corrected chi connectivity index (χ0v) is 12.7. The first-order valence-electron chi connectivity index (χ1n) is 7.33. The highest BCUT2D eigenvalue weighted by molar-refractivity contribution is 5.99. The Balaban J connectivity index is 2.02. The number of halogens is 3. The quantitative estimate of drug-likeness (QED) is 0.743. The lowest BCUT2D eigenvalue weighted by Crippen LogP contribution is -2.40. The van der Waals surface area contributed by atoms with Crippen LogP contribution in [0.4, 0.5) is 24.5 Å². The number of anilines is 2.